The Morgan fingerprint density at radius 1 is 1.04 bits per heavy atom. The second-order valence-electron chi connectivity index (χ2n) is 4.77. The number of benzene rings is 2. The summed E-state index contributed by atoms with van der Waals surface area (Å²) in [5.74, 6) is -0.236. The van der Waals surface area contributed by atoms with Crippen LogP contribution in [0.2, 0.25) is 5.02 Å². The summed E-state index contributed by atoms with van der Waals surface area (Å²) in [4.78, 5) is 23.4. The van der Waals surface area contributed by atoms with Crippen molar-refractivity contribution in [3.8, 4) is 5.75 Å². The summed E-state index contributed by atoms with van der Waals surface area (Å²) in [6.07, 6.45) is -0.714. The molecule has 0 bridgehead atoms. The van der Waals surface area contributed by atoms with Gasteiger partial charge in [-0.15, -0.1) is 0 Å². The van der Waals surface area contributed by atoms with E-state index in [0.29, 0.717) is 22.0 Å². The normalized spacial score (nSPS) is 11.4. The molecular weight excluding hydrogens is 318 g/mol. The van der Waals surface area contributed by atoms with E-state index in [1.54, 1.807) is 55.5 Å². The van der Waals surface area contributed by atoms with Gasteiger partial charge in [-0.05, 0) is 55.5 Å². The first-order chi connectivity index (χ1) is 11.0. The van der Waals surface area contributed by atoms with Crippen LogP contribution in [0.25, 0.3) is 0 Å². The Labute approximate surface area is 139 Å². The Kier molecular flexibility index (Phi) is 5.60. The molecule has 0 aliphatic heterocycles. The third-order valence-electron chi connectivity index (χ3n) is 3.06. The maximum absolute atomic E-state index is 12.1. The smallest absolute Gasteiger partial charge is 0.346 e. The van der Waals surface area contributed by atoms with Gasteiger partial charge in [-0.1, -0.05) is 11.6 Å². The first-order valence-electron chi connectivity index (χ1n) is 6.91. The van der Waals surface area contributed by atoms with Gasteiger partial charge in [0, 0.05) is 16.3 Å². The Morgan fingerprint density at radius 3 is 2.22 bits per heavy atom. The number of amides is 1. The lowest BCUT2D eigenvalue weighted by Gasteiger charge is -2.12. The Morgan fingerprint density at radius 2 is 1.65 bits per heavy atom. The van der Waals surface area contributed by atoms with Crippen LogP contribution in [-0.2, 0) is 9.53 Å². The van der Waals surface area contributed by atoms with Crippen molar-refractivity contribution in [3.05, 3.63) is 59.1 Å². The average molecular weight is 334 g/mol. The molecule has 0 unspecified atom stereocenters. The lowest BCUT2D eigenvalue weighted by molar-refractivity contribution is -0.147. The SMILES string of the molecule is COC(=O)[C@@H](C)Oc1ccc(C(=O)Nc2ccc(Cl)cc2)cc1. The summed E-state index contributed by atoms with van der Waals surface area (Å²) in [5.41, 5.74) is 1.12. The zero-order valence-corrected chi connectivity index (χ0v) is 13.5. The maximum atomic E-state index is 12.1. The van der Waals surface area contributed by atoms with Crippen LogP contribution < -0.4 is 10.1 Å². The van der Waals surface area contributed by atoms with E-state index in [1.807, 2.05) is 0 Å². The summed E-state index contributed by atoms with van der Waals surface area (Å²) in [7, 11) is 1.30. The van der Waals surface area contributed by atoms with E-state index >= 15 is 0 Å². The molecule has 1 amide bonds. The quantitative estimate of drug-likeness (QED) is 0.850. The summed E-state index contributed by atoms with van der Waals surface area (Å²) < 4.78 is 10.00. The van der Waals surface area contributed by atoms with E-state index in [9.17, 15) is 9.59 Å². The molecule has 0 saturated heterocycles. The zero-order valence-electron chi connectivity index (χ0n) is 12.7. The van der Waals surface area contributed by atoms with Crippen LogP contribution in [0.15, 0.2) is 48.5 Å². The predicted molar refractivity (Wildman–Crippen MR) is 88.0 cm³/mol. The average Bonchev–Trinajstić information content (AvgIpc) is 2.56. The number of ether oxygens (including phenoxy) is 2. The number of methoxy groups -OCH3 is 1. The van der Waals surface area contributed by atoms with Crippen LogP contribution in [0, 0.1) is 0 Å². The highest BCUT2D eigenvalue weighted by Gasteiger charge is 2.15. The lowest BCUT2D eigenvalue weighted by Crippen LogP contribution is -2.24. The number of anilines is 1. The number of nitrogens with one attached hydrogen (secondary N) is 1. The van der Waals surface area contributed by atoms with Gasteiger partial charge in [-0.25, -0.2) is 4.79 Å². The van der Waals surface area contributed by atoms with E-state index in [4.69, 9.17) is 16.3 Å². The molecule has 120 valence electrons. The molecule has 2 aromatic carbocycles. The van der Waals surface area contributed by atoms with Gasteiger partial charge in [-0.3, -0.25) is 4.79 Å². The van der Waals surface area contributed by atoms with Gasteiger partial charge >= 0.3 is 5.97 Å². The fourth-order valence-corrected chi connectivity index (χ4v) is 1.97. The molecule has 5 nitrogen and oxygen atoms in total. The standard InChI is InChI=1S/C17H16ClNO4/c1-11(17(21)22-2)23-15-9-3-12(4-10-15)16(20)19-14-7-5-13(18)6-8-14/h3-11H,1-2H3,(H,19,20)/t11-/m1/s1. The Hall–Kier alpha value is -2.53. The van der Waals surface area contributed by atoms with Gasteiger partial charge in [0.1, 0.15) is 5.75 Å². The second-order valence-corrected chi connectivity index (χ2v) is 5.21. The van der Waals surface area contributed by atoms with Crippen molar-refractivity contribution in [2.75, 3.05) is 12.4 Å². The van der Waals surface area contributed by atoms with E-state index in [0.717, 1.165) is 0 Å². The minimum Gasteiger partial charge on any atom is -0.479 e. The molecule has 2 aromatic rings. The topological polar surface area (TPSA) is 64.6 Å². The number of hydrogen-bond donors (Lipinski definition) is 1. The molecule has 6 heteroatoms. The van der Waals surface area contributed by atoms with Crippen molar-refractivity contribution in [1.29, 1.82) is 0 Å². The molecule has 0 aromatic heterocycles. The molecule has 2 rings (SSSR count). The van der Waals surface area contributed by atoms with Crippen molar-refractivity contribution in [3.63, 3.8) is 0 Å². The number of hydrogen-bond acceptors (Lipinski definition) is 4. The van der Waals surface area contributed by atoms with Crippen LogP contribution in [0.3, 0.4) is 0 Å². The fourth-order valence-electron chi connectivity index (χ4n) is 1.84. The third kappa shape index (κ3) is 4.72. The van der Waals surface area contributed by atoms with Crippen LogP contribution in [-0.4, -0.2) is 25.1 Å². The largest absolute Gasteiger partial charge is 0.479 e. The summed E-state index contributed by atoms with van der Waals surface area (Å²) in [6.45, 7) is 1.59. The first-order valence-corrected chi connectivity index (χ1v) is 7.29. The first kappa shape index (κ1) is 16.8. The molecule has 23 heavy (non-hydrogen) atoms. The summed E-state index contributed by atoms with van der Waals surface area (Å²) in [6, 6.07) is 13.3. The highest BCUT2D eigenvalue weighted by molar-refractivity contribution is 6.30. The molecule has 1 N–H and O–H groups in total. The molecular formula is C17H16ClNO4. The van der Waals surface area contributed by atoms with Gasteiger partial charge in [0.05, 0.1) is 7.11 Å². The molecule has 0 aliphatic rings. The van der Waals surface area contributed by atoms with Crippen molar-refractivity contribution in [2.24, 2.45) is 0 Å². The molecule has 0 aliphatic carbocycles. The molecule has 0 fully saturated rings. The molecule has 0 heterocycles. The molecule has 0 radical (unpaired) electrons. The Bertz CT molecular complexity index is 683. The van der Waals surface area contributed by atoms with Crippen molar-refractivity contribution >= 4 is 29.2 Å². The molecule has 1 atom stereocenters. The van der Waals surface area contributed by atoms with Crippen LogP contribution >= 0.6 is 11.6 Å². The number of carbonyl (C=O) groups is 2. The van der Waals surface area contributed by atoms with Crippen LogP contribution in [0.5, 0.6) is 5.75 Å². The van der Waals surface area contributed by atoms with Crippen molar-refractivity contribution in [1.82, 2.24) is 0 Å². The van der Waals surface area contributed by atoms with Gasteiger partial charge < -0.3 is 14.8 Å². The van der Waals surface area contributed by atoms with Crippen LogP contribution in [0.1, 0.15) is 17.3 Å². The van der Waals surface area contributed by atoms with E-state index in [-0.39, 0.29) is 5.91 Å². The maximum Gasteiger partial charge on any atom is 0.346 e. The number of rotatable bonds is 5. The lowest BCUT2D eigenvalue weighted by atomic mass is 10.2. The van der Waals surface area contributed by atoms with E-state index in [2.05, 4.69) is 10.1 Å². The summed E-state index contributed by atoms with van der Waals surface area (Å²) >= 11 is 5.80. The van der Waals surface area contributed by atoms with Gasteiger partial charge in [0.2, 0.25) is 0 Å². The predicted octanol–water partition coefficient (Wildman–Crippen LogP) is 3.53. The van der Waals surface area contributed by atoms with Crippen LogP contribution in [0.4, 0.5) is 5.69 Å². The zero-order chi connectivity index (χ0) is 16.8. The highest BCUT2D eigenvalue weighted by atomic mass is 35.5. The second kappa shape index (κ2) is 7.65. The number of carbonyl (C=O) groups excluding carboxylic acids is 2. The van der Waals surface area contributed by atoms with E-state index < -0.39 is 12.1 Å². The monoisotopic (exact) mass is 333 g/mol. The number of esters is 1. The minimum absolute atomic E-state index is 0.250. The summed E-state index contributed by atoms with van der Waals surface area (Å²) in [5, 5.41) is 3.36. The molecule has 0 spiro atoms. The minimum atomic E-state index is -0.714. The van der Waals surface area contributed by atoms with Crippen molar-refractivity contribution in [2.45, 2.75) is 13.0 Å². The van der Waals surface area contributed by atoms with Gasteiger partial charge in [0.15, 0.2) is 6.10 Å². The molecule has 0 saturated carbocycles. The Balaban J connectivity index is 1.99. The van der Waals surface area contributed by atoms with Crippen molar-refractivity contribution < 1.29 is 19.1 Å². The number of halogens is 1. The highest BCUT2D eigenvalue weighted by Crippen LogP contribution is 2.17. The van der Waals surface area contributed by atoms with Gasteiger partial charge in [0.25, 0.3) is 5.91 Å². The third-order valence-corrected chi connectivity index (χ3v) is 3.32. The van der Waals surface area contributed by atoms with Gasteiger partial charge in [-0.2, -0.15) is 0 Å². The fraction of sp³-hybridized carbons (Fsp3) is 0.176. The van der Waals surface area contributed by atoms with E-state index in [1.165, 1.54) is 7.11 Å².